The van der Waals surface area contributed by atoms with Crippen LogP contribution in [0.5, 0.6) is 0 Å². The van der Waals surface area contributed by atoms with E-state index in [1.54, 1.807) is 0 Å². The number of halogens is 1. The quantitative estimate of drug-likeness (QED) is 0.925. The van der Waals surface area contributed by atoms with Gasteiger partial charge < -0.3 is 5.32 Å². The third-order valence-corrected chi connectivity index (χ3v) is 4.20. The molecule has 1 fully saturated rings. The average molecular weight is 295 g/mol. The van der Waals surface area contributed by atoms with Gasteiger partial charge in [0.15, 0.2) is 0 Å². The van der Waals surface area contributed by atoms with Crippen molar-refractivity contribution >= 4 is 17.5 Å². The summed E-state index contributed by atoms with van der Waals surface area (Å²) in [6.45, 7) is 4.64. The summed E-state index contributed by atoms with van der Waals surface area (Å²) in [5.74, 6) is 0.113. The first-order valence-electron chi connectivity index (χ1n) is 7.43. The van der Waals surface area contributed by atoms with E-state index in [4.69, 9.17) is 11.6 Å². The van der Waals surface area contributed by atoms with E-state index in [1.807, 2.05) is 31.2 Å². The number of hydrogen-bond acceptors (Lipinski definition) is 2. The Hall–Kier alpha value is -1.06. The lowest BCUT2D eigenvalue weighted by Crippen LogP contribution is -2.45. The number of benzene rings is 1. The van der Waals surface area contributed by atoms with Crippen molar-refractivity contribution in [2.24, 2.45) is 0 Å². The van der Waals surface area contributed by atoms with Crippen LogP contribution in [0.2, 0.25) is 5.02 Å². The van der Waals surface area contributed by atoms with Crippen molar-refractivity contribution in [2.45, 2.75) is 45.2 Å². The minimum absolute atomic E-state index is 0.0413. The van der Waals surface area contributed by atoms with Crippen LogP contribution in [0, 0.1) is 0 Å². The third-order valence-electron chi connectivity index (χ3n) is 3.95. The minimum Gasteiger partial charge on any atom is -0.351 e. The summed E-state index contributed by atoms with van der Waals surface area (Å²) < 4.78 is 0. The summed E-state index contributed by atoms with van der Waals surface area (Å²) in [4.78, 5) is 14.5. The average Bonchev–Trinajstić information content (AvgIpc) is 2.74. The van der Waals surface area contributed by atoms with Gasteiger partial charge in [0.25, 0.3) is 0 Å². The van der Waals surface area contributed by atoms with Crippen molar-refractivity contribution in [1.82, 2.24) is 10.2 Å². The molecule has 0 unspecified atom stereocenters. The van der Waals surface area contributed by atoms with Gasteiger partial charge in [0.1, 0.15) is 0 Å². The van der Waals surface area contributed by atoms with E-state index in [1.165, 1.54) is 25.7 Å². The van der Waals surface area contributed by atoms with Crippen molar-refractivity contribution in [3.63, 3.8) is 0 Å². The second kappa shape index (κ2) is 7.65. The van der Waals surface area contributed by atoms with E-state index in [0.29, 0.717) is 6.54 Å². The van der Waals surface area contributed by atoms with Crippen LogP contribution in [0.3, 0.4) is 0 Å². The molecule has 1 aliphatic heterocycles. The van der Waals surface area contributed by atoms with Crippen LogP contribution >= 0.6 is 11.6 Å². The number of likely N-dealkylation sites (tertiary alicyclic amines) is 1. The molecule has 110 valence electrons. The molecular weight excluding hydrogens is 272 g/mol. The van der Waals surface area contributed by atoms with Crippen LogP contribution < -0.4 is 5.32 Å². The monoisotopic (exact) mass is 294 g/mol. The second-order valence-corrected chi connectivity index (χ2v) is 5.91. The van der Waals surface area contributed by atoms with Gasteiger partial charge in [0, 0.05) is 11.6 Å². The molecule has 1 aliphatic rings. The predicted octanol–water partition coefficient (Wildman–Crippen LogP) is 3.22. The Morgan fingerprint density at radius 1 is 1.20 bits per heavy atom. The van der Waals surface area contributed by atoms with Crippen LogP contribution in [0.25, 0.3) is 0 Å². The van der Waals surface area contributed by atoms with E-state index >= 15 is 0 Å². The number of amides is 1. The van der Waals surface area contributed by atoms with Crippen molar-refractivity contribution in [3.05, 3.63) is 34.9 Å². The van der Waals surface area contributed by atoms with Gasteiger partial charge in [-0.25, -0.2) is 0 Å². The highest BCUT2D eigenvalue weighted by Crippen LogP contribution is 2.13. The Kier molecular flexibility index (Phi) is 5.86. The van der Waals surface area contributed by atoms with E-state index < -0.39 is 0 Å². The zero-order valence-electron chi connectivity index (χ0n) is 12.1. The van der Waals surface area contributed by atoms with Gasteiger partial charge >= 0.3 is 0 Å². The fourth-order valence-corrected chi connectivity index (χ4v) is 2.71. The maximum Gasteiger partial charge on any atom is 0.237 e. The Labute approximate surface area is 126 Å². The lowest BCUT2D eigenvalue weighted by Gasteiger charge is -2.26. The molecule has 1 aromatic rings. The van der Waals surface area contributed by atoms with Crippen molar-refractivity contribution in [3.8, 4) is 0 Å². The number of hydrogen-bond donors (Lipinski definition) is 1. The highest BCUT2D eigenvalue weighted by Gasteiger charge is 2.21. The van der Waals surface area contributed by atoms with Crippen LogP contribution in [-0.2, 0) is 11.3 Å². The van der Waals surface area contributed by atoms with E-state index in [0.717, 1.165) is 23.7 Å². The fourth-order valence-electron chi connectivity index (χ4n) is 2.59. The van der Waals surface area contributed by atoms with E-state index in [-0.39, 0.29) is 11.9 Å². The lowest BCUT2D eigenvalue weighted by atomic mass is 10.2. The molecule has 1 heterocycles. The first kappa shape index (κ1) is 15.3. The van der Waals surface area contributed by atoms with Gasteiger partial charge in [-0.3, -0.25) is 9.69 Å². The zero-order chi connectivity index (χ0) is 14.4. The largest absolute Gasteiger partial charge is 0.351 e. The molecule has 0 radical (unpaired) electrons. The number of carbonyl (C=O) groups excluding carboxylic acids is 1. The SMILES string of the molecule is C[C@H](C(=O)NCc1ccc(Cl)cc1)N1CCCCCC1. The molecule has 0 aromatic heterocycles. The summed E-state index contributed by atoms with van der Waals surface area (Å²) in [7, 11) is 0. The van der Waals surface area contributed by atoms with Crippen LogP contribution in [0.4, 0.5) is 0 Å². The normalized spacial score (nSPS) is 18.3. The third kappa shape index (κ3) is 4.50. The maximum atomic E-state index is 12.2. The smallest absolute Gasteiger partial charge is 0.237 e. The number of nitrogens with one attached hydrogen (secondary N) is 1. The fraction of sp³-hybridized carbons (Fsp3) is 0.562. The number of carbonyl (C=O) groups is 1. The van der Waals surface area contributed by atoms with Gasteiger partial charge in [-0.15, -0.1) is 0 Å². The van der Waals surface area contributed by atoms with Crippen LogP contribution in [-0.4, -0.2) is 29.9 Å². The lowest BCUT2D eigenvalue weighted by molar-refractivity contribution is -0.126. The molecule has 0 bridgehead atoms. The molecule has 1 amide bonds. The first-order valence-corrected chi connectivity index (χ1v) is 7.81. The highest BCUT2D eigenvalue weighted by molar-refractivity contribution is 6.30. The second-order valence-electron chi connectivity index (χ2n) is 5.47. The first-order chi connectivity index (χ1) is 9.66. The molecule has 1 atom stereocenters. The van der Waals surface area contributed by atoms with Crippen molar-refractivity contribution in [2.75, 3.05) is 13.1 Å². The topological polar surface area (TPSA) is 32.3 Å². The molecule has 0 aliphatic carbocycles. The standard InChI is InChI=1S/C16H23ClN2O/c1-13(19-10-4-2-3-5-11-19)16(20)18-12-14-6-8-15(17)9-7-14/h6-9,13H,2-5,10-12H2,1H3,(H,18,20)/t13-/m1/s1. The van der Waals surface area contributed by atoms with Gasteiger partial charge in [0.2, 0.25) is 5.91 Å². The summed E-state index contributed by atoms with van der Waals surface area (Å²) in [6, 6.07) is 7.54. The van der Waals surface area contributed by atoms with Crippen molar-refractivity contribution < 1.29 is 4.79 Å². The molecule has 1 aromatic carbocycles. The van der Waals surface area contributed by atoms with Crippen LogP contribution in [0.1, 0.15) is 38.2 Å². The minimum atomic E-state index is -0.0413. The zero-order valence-corrected chi connectivity index (χ0v) is 12.8. The van der Waals surface area contributed by atoms with Gasteiger partial charge in [-0.1, -0.05) is 36.6 Å². The molecule has 2 rings (SSSR count). The molecule has 0 saturated carbocycles. The molecule has 4 heteroatoms. The van der Waals surface area contributed by atoms with Crippen molar-refractivity contribution in [1.29, 1.82) is 0 Å². The number of rotatable bonds is 4. The summed E-state index contributed by atoms with van der Waals surface area (Å²) in [5.41, 5.74) is 1.07. The van der Waals surface area contributed by atoms with Gasteiger partial charge in [-0.05, 0) is 50.6 Å². The van der Waals surface area contributed by atoms with E-state index in [9.17, 15) is 4.79 Å². The Morgan fingerprint density at radius 3 is 2.40 bits per heavy atom. The summed E-state index contributed by atoms with van der Waals surface area (Å²) in [6.07, 6.45) is 4.98. The van der Waals surface area contributed by atoms with E-state index in [2.05, 4.69) is 10.2 Å². The molecule has 3 nitrogen and oxygen atoms in total. The summed E-state index contributed by atoms with van der Waals surface area (Å²) >= 11 is 5.85. The number of nitrogens with zero attached hydrogens (tertiary/aromatic N) is 1. The predicted molar refractivity (Wildman–Crippen MR) is 82.8 cm³/mol. The van der Waals surface area contributed by atoms with Gasteiger partial charge in [-0.2, -0.15) is 0 Å². The molecule has 0 spiro atoms. The Bertz CT molecular complexity index is 425. The maximum absolute atomic E-state index is 12.2. The Morgan fingerprint density at radius 2 is 1.80 bits per heavy atom. The van der Waals surface area contributed by atoms with Gasteiger partial charge in [0.05, 0.1) is 6.04 Å². The molecule has 20 heavy (non-hydrogen) atoms. The molecule has 1 N–H and O–H groups in total. The highest BCUT2D eigenvalue weighted by atomic mass is 35.5. The molecule has 1 saturated heterocycles. The molecular formula is C16H23ClN2O. The Balaban J connectivity index is 1.82. The summed E-state index contributed by atoms with van der Waals surface area (Å²) in [5, 5.41) is 3.73. The van der Waals surface area contributed by atoms with Crippen LogP contribution in [0.15, 0.2) is 24.3 Å².